The van der Waals surface area contributed by atoms with Crippen LogP contribution in [0.5, 0.6) is 0 Å². The highest BCUT2D eigenvalue weighted by atomic mass is 32.1. The molecule has 1 aliphatic rings. The van der Waals surface area contributed by atoms with E-state index in [0.29, 0.717) is 5.92 Å². The van der Waals surface area contributed by atoms with Gasteiger partial charge in [0.05, 0.1) is 23.4 Å². The first-order valence-electron chi connectivity index (χ1n) is 7.69. The minimum Gasteiger partial charge on any atom is -0.298 e. The number of aryl methyl sites for hydroxylation is 1. The molecular weight excluding hydrogens is 294 g/mol. The number of aromatic nitrogens is 4. The molecule has 0 saturated carbocycles. The minimum absolute atomic E-state index is 0.519. The van der Waals surface area contributed by atoms with Crippen LogP contribution >= 0.6 is 11.3 Å². The van der Waals surface area contributed by atoms with Crippen molar-refractivity contribution in [2.45, 2.75) is 32.2 Å². The fraction of sp³-hybridized carbons (Fsp3) is 0.438. The molecular formula is C16H19N5S. The van der Waals surface area contributed by atoms with Crippen molar-refractivity contribution in [3.63, 3.8) is 0 Å². The van der Waals surface area contributed by atoms with Gasteiger partial charge in [-0.2, -0.15) is 0 Å². The molecule has 0 amide bonds. The summed E-state index contributed by atoms with van der Waals surface area (Å²) in [7, 11) is 0. The summed E-state index contributed by atoms with van der Waals surface area (Å²) in [5.74, 6) is 1.57. The number of imidazole rings is 1. The molecule has 1 saturated heterocycles. The summed E-state index contributed by atoms with van der Waals surface area (Å²) in [5, 5.41) is 0. The summed E-state index contributed by atoms with van der Waals surface area (Å²) in [6, 6.07) is 0. The van der Waals surface area contributed by atoms with E-state index in [1.807, 2.05) is 30.3 Å². The number of nitrogens with zero attached hydrogens (tertiary/aromatic N) is 5. The van der Waals surface area contributed by atoms with Crippen LogP contribution in [0.2, 0.25) is 0 Å². The minimum atomic E-state index is 0.519. The first-order chi connectivity index (χ1) is 10.8. The lowest BCUT2D eigenvalue weighted by molar-refractivity contribution is 0.199. The van der Waals surface area contributed by atoms with Crippen LogP contribution in [0.15, 0.2) is 30.3 Å². The maximum atomic E-state index is 4.43. The number of likely N-dealkylation sites (tertiary alicyclic amines) is 1. The zero-order valence-corrected chi connectivity index (χ0v) is 13.5. The van der Waals surface area contributed by atoms with Gasteiger partial charge in [0.15, 0.2) is 0 Å². The molecule has 0 aromatic carbocycles. The lowest BCUT2D eigenvalue weighted by Crippen LogP contribution is -2.34. The van der Waals surface area contributed by atoms with Gasteiger partial charge in [-0.05, 0) is 26.3 Å². The van der Waals surface area contributed by atoms with Crippen LogP contribution in [-0.4, -0.2) is 37.3 Å². The molecule has 0 unspecified atom stereocenters. The largest absolute Gasteiger partial charge is 0.298 e. The van der Waals surface area contributed by atoms with Crippen LogP contribution in [0, 0.1) is 6.92 Å². The Labute approximate surface area is 133 Å². The molecule has 0 N–H and O–H groups in total. The molecule has 0 bridgehead atoms. The Bertz CT molecular complexity index is 764. The third kappa shape index (κ3) is 2.53. The second-order valence-electron chi connectivity index (χ2n) is 5.94. The highest BCUT2D eigenvalue weighted by Crippen LogP contribution is 2.28. The van der Waals surface area contributed by atoms with Crippen molar-refractivity contribution in [3.05, 3.63) is 46.7 Å². The SMILES string of the molecule is Cc1ncc2cncc([C@@H]3CCCN(Cc4cncs4)C3)n12. The van der Waals surface area contributed by atoms with E-state index in [0.717, 1.165) is 24.4 Å². The van der Waals surface area contributed by atoms with Gasteiger partial charge in [-0.15, -0.1) is 11.3 Å². The number of piperidine rings is 1. The summed E-state index contributed by atoms with van der Waals surface area (Å²) in [6.07, 6.45) is 10.2. The fourth-order valence-electron chi connectivity index (χ4n) is 3.41. The Balaban J connectivity index is 1.60. The van der Waals surface area contributed by atoms with E-state index in [-0.39, 0.29) is 0 Å². The predicted molar refractivity (Wildman–Crippen MR) is 87.1 cm³/mol. The van der Waals surface area contributed by atoms with Gasteiger partial charge in [0.2, 0.25) is 0 Å². The van der Waals surface area contributed by atoms with E-state index in [1.54, 1.807) is 11.3 Å². The third-order valence-corrected chi connectivity index (χ3v) is 5.19. The summed E-state index contributed by atoms with van der Waals surface area (Å²) in [4.78, 5) is 16.9. The van der Waals surface area contributed by atoms with E-state index in [2.05, 4.69) is 31.2 Å². The van der Waals surface area contributed by atoms with Crippen molar-refractivity contribution in [3.8, 4) is 0 Å². The van der Waals surface area contributed by atoms with Gasteiger partial charge in [-0.25, -0.2) is 4.98 Å². The van der Waals surface area contributed by atoms with Crippen molar-refractivity contribution in [1.82, 2.24) is 24.3 Å². The van der Waals surface area contributed by atoms with Gasteiger partial charge in [-0.3, -0.25) is 19.3 Å². The van der Waals surface area contributed by atoms with E-state index in [1.165, 1.54) is 30.0 Å². The van der Waals surface area contributed by atoms with Crippen molar-refractivity contribution in [2.75, 3.05) is 13.1 Å². The smallest absolute Gasteiger partial charge is 0.110 e. The highest BCUT2D eigenvalue weighted by molar-refractivity contribution is 7.09. The highest BCUT2D eigenvalue weighted by Gasteiger charge is 2.24. The Hall–Kier alpha value is -1.79. The molecule has 0 aliphatic carbocycles. The van der Waals surface area contributed by atoms with Gasteiger partial charge >= 0.3 is 0 Å². The van der Waals surface area contributed by atoms with E-state index in [4.69, 9.17) is 0 Å². The van der Waals surface area contributed by atoms with Crippen LogP contribution < -0.4 is 0 Å². The summed E-state index contributed by atoms with van der Waals surface area (Å²) < 4.78 is 2.26. The van der Waals surface area contributed by atoms with Gasteiger partial charge in [0.1, 0.15) is 5.82 Å². The van der Waals surface area contributed by atoms with Crippen LogP contribution in [0.4, 0.5) is 0 Å². The fourth-order valence-corrected chi connectivity index (χ4v) is 4.04. The van der Waals surface area contributed by atoms with Crippen LogP contribution in [0.25, 0.3) is 5.52 Å². The van der Waals surface area contributed by atoms with Crippen molar-refractivity contribution in [1.29, 1.82) is 0 Å². The molecule has 3 aromatic rings. The Morgan fingerprint density at radius 2 is 2.18 bits per heavy atom. The average Bonchev–Trinajstić information content (AvgIpc) is 3.18. The number of hydrogen-bond donors (Lipinski definition) is 0. The monoisotopic (exact) mass is 313 g/mol. The molecule has 3 aromatic heterocycles. The number of rotatable bonds is 3. The maximum Gasteiger partial charge on any atom is 0.110 e. The number of hydrogen-bond acceptors (Lipinski definition) is 5. The molecule has 114 valence electrons. The van der Waals surface area contributed by atoms with Crippen LogP contribution in [0.1, 0.15) is 35.2 Å². The molecule has 22 heavy (non-hydrogen) atoms. The van der Waals surface area contributed by atoms with Gasteiger partial charge in [0, 0.05) is 42.0 Å². The average molecular weight is 313 g/mol. The molecule has 4 heterocycles. The standard InChI is InChI=1S/C16H19N5S/c1-12-19-6-14-5-17-8-16(21(12)14)13-3-2-4-20(9-13)10-15-7-18-11-22-15/h5-8,11,13H,2-4,9-10H2,1H3/t13-/m1/s1. The van der Waals surface area contributed by atoms with Crippen LogP contribution in [-0.2, 0) is 6.54 Å². The molecule has 6 heteroatoms. The second-order valence-corrected chi connectivity index (χ2v) is 6.91. The zero-order chi connectivity index (χ0) is 14.9. The summed E-state index contributed by atoms with van der Waals surface area (Å²) in [6.45, 7) is 5.32. The molecule has 0 radical (unpaired) electrons. The molecule has 4 rings (SSSR count). The third-order valence-electron chi connectivity index (χ3n) is 4.42. The normalized spacial score (nSPS) is 19.8. The molecule has 0 spiro atoms. The second kappa shape index (κ2) is 5.78. The first-order valence-corrected chi connectivity index (χ1v) is 8.57. The van der Waals surface area contributed by atoms with Crippen molar-refractivity contribution in [2.24, 2.45) is 0 Å². The topological polar surface area (TPSA) is 46.3 Å². The van der Waals surface area contributed by atoms with Gasteiger partial charge < -0.3 is 0 Å². The number of thiazole rings is 1. The van der Waals surface area contributed by atoms with Crippen molar-refractivity contribution < 1.29 is 0 Å². The van der Waals surface area contributed by atoms with E-state index < -0.39 is 0 Å². The van der Waals surface area contributed by atoms with Gasteiger partial charge in [-0.1, -0.05) is 0 Å². The van der Waals surface area contributed by atoms with E-state index >= 15 is 0 Å². The maximum absolute atomic E-state index is 4.43. The van der Waals surface area contributed by atoms with Crippen LogP contribution in [0.3, 0.4) is 0 Å². The summed E-state index contributed by atoms with van der Waals surface area (Å²) in [5.41, 5.74) is 4.30. The van der Waals surface area contributed by atoms with Crippen molar-refractivity contribution >= 4 is 16.9 Å². The lowest BCUT2D eigenvalue weighted by atomic mass is 9.94. The van der Waals surface area contributed by atoms with Gasteiger partial charge in [0.25, 0.3) is 0 Å². The lowest BCUT2D eigenvalue weighted by Gasteiger charge is -2.32. The molecule has 5 nitrogen and oxygen atoms in total. The zero-order valence-electron chi connectivity index (χ0n) is 12.6. The Kier molecular flexibility index (Phi) is 3.63. The Morgan fingerprint density at radius 1 is 1.23 bits per heavy atom. The quantitative estimate of drug-likeness (QED) is 0.746. The molecule has 1 atom stereocenters. The molecule has 1 fully saturated rings. The predicted octanol–water partition coefficient (Wildman–Crippen LogP) is 2.87. The number of fused-ring (bicyclic) bond motifs is 1. The van der Waals surface area contributed by atoms with E-state index in [9.17, 15) is 0 Å². The first kappa shape index (κ1) is 13.8. The summed E-state index contributed by atoms with van der Waals surface area (Å²) >= 11 is 1.74. The Morgan fingerprint density at radius 3 is 3.05 bits per heavy atom. The molecule has 1 aliphatic heterocycles.